The Morgan fingerprint density at radius 2 is 2.08 bits per heavy atom. The summed E-state index contributed by atoms with van der Waals surface area (Å²) >= 11 is 10.5. The molecule has 3 fully saturated rings. The Balaban J connectivity index is 1.89. The smallest absolute Gasteiger partial charge is 0.243 e. The van der Waals surface area contributed by atoms with Crippen LogP contribution < -0.4 is 5.32 Å². The van der Waals surface area contributed by atoms with Crippen LogP contribution in [0.15, 0.2) is 0 Å². The number of carbonyl (C=O) groups excluding carboxylic acids is 4. The van der Waals surface area contributed by atoms with Crippen molar-refractivity contribution in [3.05, 3.63) is 0 Å². The highest BCUT2D eigenvalue weighted by molar-refractivity contribution is 7.89. The molecule has 0 bridgehead atoms. The lowest BCUT2D eigenvalue weighted by atomic mass is 9.87. The number of amides is 2. The number of thiocarbonyl (C=S) groups is 2. The fourth-order valence-electron chi connectivity index (χ4n) is 3.67. The second-order valence-corrected chi connectivity index (χ2v) is 7.45. The van der Waals surface area contributed by atoms with Crippen molar-refractivity contribution < 1.29 is 19.2 Å². The maximum atomic E-state index is 13.1. The van der Waals surface area contributed by atoms with Gasteiger partial charge in [-0.15, -0.1) is 0 Å². The molecule has 3 aliphatic heterocycles. The van der Waals surface area contributed by atoms with Gasteiger partial charge in [0.25, 0.3) is 0 Å². The standard InChI is InChI=1S/C16H19N3O4S2/c20-9-16(14(23)10-3-1-5-17-10)15(25)11(24)7-19(16)13(22)8-18-6-2-4-12(18)21/h9-10,17H,1-8H2/t10-,16-/m0/s1. The number of likely N-dealkylation sites (tertiary alicyclic amines) is 2. The van der Waals surface area contributed by atoms with Crippen molar-refractivity contribution in [3.8, 4) is 0 Å². The van der Waals surface area contributed by atoms with Crippen molar-refractivity contribution in [2.45, 2.75) is 37.3 Å². The summed E-state index contributed by atoms with van der Waals surface area (Å²) in [6, 6.07) is -0.521. The molecule has 0 unspecified atom stereocenters. The zero-order chi connectivity index (χ0) is 18.2. The van der Waals surface area contributed by atoms with Crippen LogP contribution >= 0.6 is 24.4 Å². The first-order chi connectivity index (χ1) is 11.9. The average molecular weight is 381 g/mol. The molecule has 0 aliphatic carbocycles. The van der Waals surface area contributed by atoms with E-state index < -0.39 is 23.3 Å². The normalized spacial score (nSPS) is 29.6. The lowest BCUT2D eigenvalue weighted by Gasteiger charge is -2.34. The summed E-state index contributed by atoms with van der Waals surface area (Å²) < 4.78 is 0. The molecule has 0 saturated carbocycles. The second-order valence-electron chi connectivity index (χ2n) is 6.55. The van der Waals surface area contributed by atoms with Gasteiger partial charge in [0.05, 0.1) is 28.9 Å². The molecule has 0 aromatic rings. The van der Waals surface area contributed by atoms with Crippen LogP contribution in [0.2, 0.25) is 0 Å². The SMILES string of the molecule is O=C[C@]1(C(=O)[C@@H]2CCCN2)C(=S)C(=S)CN1C(=O)CN1CCCC1=O. The van der Waals surface area contributed by atoms with Gasteiger partial charge in [-0.25, -0.2) is 0 Å². The first-order valence-electron chi connectivity index (χ1n) is 8.31. The van der Waals surface area contributed by atoms with Gasteiger partial charge >= 0.3 is 0 Å². The summed E-state index contributed by atoms with van der Waals surface area (Å²) in [5.74, 6) is -1.000. The van der Waals surface area contributed by atoms with E-state index in [1.807, 2.05) is 0 Å². The third-order valence-corrected chi connectivity index (χ3v) is 6.07. The summed E-state index contributed by atoms with van der Waals surface area (Å²) in [6.07, 6.45) is 2.97. The van der Waals surface area contributed by atoms with Gasteiger partial charge in [0.2, 0.25) is 11.8 Å². The molecule has 3 aliphatic rings. The van der Waals surface area contributed by atoms with Crippen molar-refractivity contribution in [3.63, 3.8) is 0 Å². The average Bonchev–Trinajstić information content (AvgIpc) is 3.30. The van der Waals surface area contributed by atoms with Crippen molar-refractivity contribution >= 4 is 58.0 Å². The number of Topliss-reactive ketones (excluding diaryl/α,β-unsaturated/α-hetero) is 1. The molecule has 3 heterocycles. The highest BCUT2D eigenvalue weighted by atomic mass is 32.1. The zero-order valence-electron chi connectivity index (χ0n) is 13.7. The fraction of sp³-hybridized carbons (Fsp3) is 0.625. The van der Waals surface area contributed by atoms with Gasteiger partial charge in [-0.3, -0.25) is 19.2 Å². The van der Waals surface area contributed by atoms with E-state index >= 15 is 0 Å². The summed E-state index contributed by atoms with van der Waals surface area (Å²) in [6.45, 7) is 0.982. The molecule has 25 heavy (non-hydrogen) atoms. The minimum atomic E-state index is -1.83. The number of nitrogens with zero attached hydrogens (tertiary/aromatic N) is 2. The lowest BCUT2D eigenvalue weighted by Crippen LogP contribution is -2.63. The molecule has 2 amide bonds. The van der Waals surface area contributed by atoms with E-state index in [-0.39, 0.29) is 28.7 Å². The molecule has 0 spiro atoms. The number of hydrogen-bond acceptors (Lipinski definition) is 7. The van der Waals surface area contributed by atoms with Crippen LogP contribution in [-0.4, -0.2) is 81.2 Å². The maximum Gasteiger partial charge on any atom is 0.243 e. The molecule has 3 saturated heterocycles. The highest BCUT2D eigenvalue weighted by Gasteiger charge is 2.57. The van der Waals surface area contributed by atoms with Crippen molar-refractivity contribution in [1.29, 1.82) is 0 Å². The van der Waals surface area contributed by atoms with Gasteiger partial charge in [0, 0.05) is 13.0 Å². The zero-order valence-corrected chi connectivity index (χ0v) is 15.3. The molecular formula is C16H19N3O4S2. The number of carbonyl (C=O) groups is 4. The molecule has 9 heteroatoms. The Morgan fingerprint density at radius 1 is 1.32 bits per heavy atom. The minimum absolute atomic E-state index is 0.0355. The Bertz CT molecular complexity index is 674. The van der Waals surface area contributed by atoms with Crippen molar-refractivity contribution in [1.82, 2.24) is 15.1 Å². The van der Waals surface area contributed by atoms with Crippen LogP contribution in [-0.2, 0) is 19.2 Å². The van der Waals surface area contributed by atoms with Gasteiger partial charge in [-0.05, 0) is 25.8 Å². The van der Waals surface area contributed by atoms with E-state index in [9.17, 15) is 19.2 Å². The molecule has 0 radical (unpaired) electrons. The third-order valence-electron chi connectivity index (χ3n) is 5.05. The first kappa shape index (κ1) is 18.2. The summed E-state index contributed by atoms with van der Waals surface area (Å²) in [5.41, 5.74) is -1.83. The monoisotopic (exact) mass is 381 g/mol. The largest absolute Gasteiger partial charge is 0.333 e. The van der Waals surface area contributed by atoms with Crippen LogP contribution in [0.1, 0.15) is 25.7 Å². The lowest BCUT2D eigenvalue weighted by molar-refractivity contribution is -0.146. The van der Waals surface area contributed by atoms with Crippen LogP contribution in [0.25, 0.3) is 0 Å². The Labute approximate surface area is 156 Å². The van der Waals surface area contributed by atoms with Crippen LogP contribution in [0.3, 0.4) is 0 Å². The predicted octanol–water partition coefficient (Wildman–Crippen LogP) is -0.550. The number of ketones is 1. The third kappa shape index (κ3) is 2.94. The summed E-state index contributed by atoms with van der Waals surface area (Å²) in [7, 11) is 0. The first-order valence-corrected chi connectivity index (χ1v) is 9.13. The molecule has 2 atom stereocenters. The minimum Gasteiger partial charge on any atom is -0.333 e. The highest BCUT2D eigenvalue weighted by Crippen LogP contribution is 2.29. The van der Waals surface area contributed by atoms with E-state index in [1.54, 1.807) is 0 Å². The van der Waals surface area contributed by atoms with Gasteiger partial charge in [-0.1, -0.05) is 24.4 Å². The molecule has 3 rings (SSSR count). The van der Waals surface area contributed by atoms with Gasteiger partial charge in [0.1, 0.15) is 0 Å². The second kappa shape index (κ2) is 6.97. The fourth-order valence-corrected chi connectivity index (χ4v) is 4.28. The van der Waals surface area contributed by atoms with Crippen molar-refractivity contribution in [2.24, 2.45) is 0 Å². The van der Waals surface area contributed by atoms with E-state index in [0.29, 0.717) is 38.6 Å². The molecule has 0 aromatic carbocycles. The van der Waals surface area contributed by atoms with Gasteiger partial charge in [0.15, 0.2) is 17.6 Å². The number of aldehydes is 1. The van der Waals surface area contributed by atoms with E-state index in [1.165, 1.54) is 9.80 Å². The van der Waals surface area contributed by atoms with Crippen LogP contribution in [0, 0.1) is 0 Å². The van der Waals surface area contributed by atoms with E-state index in [2.05, 4.69) is 5.32 Å². The van der Waals surface area contributed by atoms with E-state index in [0.717, 1.165) is 6.42 Å². The van der Waals surface area contributed by atoms with Crippen LogP contribution in [0.4, 0.5) is 0 Å². The quantitative estimate of drug-likeness (QED) is 0.388. The Hall–Kier alpha value is -1.58. The van der Waals surface area contributed by atoms with E-state index in [4.69, 9.17) is 24.4 Å². The van der Waals surface area contributed by atoms with Crippen LogP contribution in [0.5, 0.6) is 0 Å². The van der Waals surface area contributed by atoms with Crippen molar-refractivity contribution in [2.75, 3.05) is 26.2 Å². The molecule has 1 N–H and O–H groups in total. The number of hydrogen-bond donors (Lipinski definition) is 1. The molecular weight excluding hydrogens is 362 g/mol. The predicted molar refractivity (Wildman–Crippen MR) is 97.5 cm³/mol. The Kier molecular flexibility index (Phi) is 5.08. The van der Waals surface area contributed by atoms with Gasteiger partial charge < -0.3 is 15.1 Å². The topological polar surface area (TPSA) is 86.8 Å². The summed E-state index contributed by atoms with van der Waals surface area (Å²) in [5, 5.41) is 3.05. The summed E-state index contributed by atoms with van der Waals surface area (Å²) in [4.78, 5) is 52.6. The molecule has 0 aromatic heterocycles. The number of rotatable bonds is 5. The molecule has 7 nitrogen and oxygen atoms in total. The Morgan fingerprint density at radius 3 is 2.64 bits per heavy atom. The maximum absolute atomic E-state index is 13.1. The molecule has 134 valence electrons. The number of nitrogens with one attached hydrogen (secondary N) is 1. The van der Waals surface area contributed by atoms with Gasteiger partial charge in [-0.2, -0.15) is 0 Å².